The van der Waals surface area contributed by atoms with Crippen molar-refractivity contribution < 1.29 is 14.6 Å². The molecule has 10 atom stereocenters. The standard InChI is InChI=1S/C25H42O3/c1-6-15(2)19-7-8-20-23-21(10-12-25(19,20)5)24(4)11-9-18(28-16(3)26)13-17(24)14-22(23)27/h15,17-23,27H,6-14H2,1-5H3. The van der Waals surface area contributed by atoms with Gasteiger partial charge in [-0.15, -0.1) is 0 Å². The van der Waals surface area contributed by atoms with Crippen molar-refractivity contribution >= 4 is 5.97 Å². The molecule has 0 aromatic carbocycles. The summed E-state index contributed by atoms with van der Waals surface area (Å²) in [6.45, 7) is 11.4. The van der Waals surface area contributed by atoms with Crippen LogP contribution in [0.1, 0.15) is 92.4 Å². The molecule has 3 nitrogen and oxygen atoms in total. The number of carbonyl (C=O) groups excluding carboxylic acids is 1. The van der Waals surface area contributed by atoms with Gasteiger partial charge in [-0.2, -0.15) is 0 Å². The first-order valence-electron chi connectivity index (χ1n) is 12.1. The van der Waals surface area contributed by atoms with Crippen molar-refractivity contribution in [2.45, 2.75) is 105 Å². The molecule has 4 fully saturated rings. The Morgan fingerprint density at radius 3 is 2.43 bits per heavy atom. The molecule has 0 saturated heterocycles. The van der Waals surface area contributed by atoms with Gasteiger partial charge in [0.1, 0.15) is 6.10 Å². The first-order chi connectivity index (χ1) is 13.2. The third-order valence-electron chi connectivity index (χ3n) is 10.4. The van der Waals surface area contributed by atoms with E-state index in [0.717, 1.165) is 37.5 Å². The monoisotopic (exact) mass is 390 g/mol. The molecule has 0 heterocycles. The Labute approximate surface area is 172 Å². The Balaban J connectivity index is 1.57. The molecule has 0 aromatic rings. The van der Waals surface area contributed by atoms with Crippen molar-refractivity contribution in [2.75, 3.05) is 0 Å². The number of fused-ring (bicyclic) bond motifs is 5. The fourth-order valence-corrected chi connectivity index (χ4v) is 8.79. The van der Waals surface area contributed by atoms with Crippen LogP contribution in [0.4, 0.5) is 0 Å². The van der Waals surface area contributed by atoms with Crippen molar-refractivity contribution in [3.05, 3.63) is 0 Å². The summed E-state index contributed by atoms with van der Waals surface area (Å²) in [7, 11) is 0. The molecule has 3 heteroatoms. The maximum atomic E-state index is 11.4. The van der Waals surface area contributed by atoms with E-state index in [2.05, 4.69) is 27.7 Å². The molecule has 0 radical (unpaired) electrons. The van der Waals surface area contributed by atoms with Gasteiger partial charge < -0.3 is 9.84 Å². The van der Waals surface area contributed by atoms with Crippen LogP contribution in [0.25, 0.3) is 0 Å². The van der Waals surface area contributed by atoms with E-state index in [1.807, 2.05) is 0 Å². The van der Waals surface area contributed by atoms with Crippen LogP contribution in [0.3, 0.4) is 0 Å². The van der Waals surface area contributed by atoms with Crippen molar-refractivity contribution in [1.82, 2.24) is 0 Å². The van der Waals surface area contributed by atoms with Gasteiger partial charge in [0, 0.05) is 6.92 Å². The highest BCUT2D eigenvalue weighted by Crippen LogP contribution is 2.68. The van der Waals surface area contributed by atoms with Gasteiger partial charge in [0.05, 0.1) is 6.10 Å². The largest absolute Gasteiger partial charge is 0.463 e. The van der Waals surface area contributed by atoms with E-state index in [1.54, 1.807) is 0 Å². The second-order valence-electron chi connectivity index (χ2n) is 11.4. The molecule has 0 amide bonds. The number of esters is 1. The van der Waals surface area contributed by atoms with Crippen molar-refractivity contribution in [3.8, 4) is 0 Å². The third-order valence-corrected chi connectivity index (χ3v) is 10.4. The quantitative estimate of drug-likeness (QED) is 0.639. The summed E-state index contributed by atoms with van der Waals surface area (Å²) in [5.41, 5.74) is 0.742. The third kappa shape index (κ3) is 3.06. The molecule has 4 rings (SSSR count). The Bertz CT molecular complexity index is 603. The number of aliphatic hydroxyl groups excluding tert-OH is 1. The molecule has 10 unspecified atom stereocenters. The minimum absolute atomic E-state index is 0.0643. The van der Waals surface area contributed by atoms with Crippen LogP contribution in [-0.4, -0.2) is 23.3 Å². The van der Waals surface area contributed by atoms with Gasteiger partial charge in [0.25, 0.3) is 0 Å². The highest BCUT2D eigenvalue weighted by atomic mass is 16.5. The van der Waals surface area contributed by atoms with Crippen molar-refractivity contribution in [3.63, 3.8) is 0 Å². The molecule has 28 heavy (non-hydrogen) atoms. The molecule has 160 valence electrons. The van der Waals surface area contributed by atoms with E-state index in [0.29, 0.717) is 34.5 Å². The highest BCUT2D eigenvalue weighted by Gasteiger charge is 2.62. The summed E-state index contributed by atoms with van der Waals surface area (Å²) >= 11 is 0. The number of aliphatic hydroxyl groups is 1. The van der Waals surface area contributed by atoms with Gasteiger partial charge in [0.2, 0.25) is 0 Å². The minimum atomic E-state index is -0.167. The van der Waals surface area contributed by atoms with Gasteiger partial charge in [-0.25, -0.2) is 0 Å². The molecular weight excluding hydrogens is 348 g/mol. The minimum Gasteiger partial charge on any atom is -0.463 e. The molecule has 0 aromatic heterocycles. The number of ether oxygens (including phenoxy) is 1. The maximum Gasteiger partial charge on any atom is 0.302 e. The fraction of sp³-hybridized carbons (Fsp3) is 0.960. The van der Waals surface area contributed by atoms with Crippen LogP contribution in [-0.2, 0) is 9.53 Å². The second kappa shape index (κ2) is 7.29. The smallest absolute Gasteiger partial charge is 0.302 e. The van der Waals surface area contributed by atoms with E-state index in [-0.39, 0.29) is 18.2 Å². The number of hydrogen-bond donors (Lipinski definition) is 1. The van der Waals surface area contributed by atoms with Crippen LogP contribution in [0.5, 0.6) is 0 Å². The molecular formula is C25H42O3. The molecule has 4 aliphatic carbocycles. The lowest BCUT2D eigenvalue weighted by atomic mass is 9.43. The highest BCUT2D eigenvalue weighted by molar-refractivity contribution is 5.66. The lowest BCUT2D eigenvalue weighted by Crippen LogP contribution is -2.58. The normalized spacial score (nSPS) is 51.6. The van der Waals surface area contributed by atoms with Crippen molar-refractivity contribution in [2.24, 2.45) is 46.3 Å². The zero-order valence-electron chi connectivity index (χ0n) is 18.7. The molecule has 0 aliphatic heterocycles. The molecule has 1 N–H and O–H groups in total. The molecule has 4 saturated carbocycles. The number of rotatable bonds is 3. The first-order valence-corrected chi connectivity index (χ1v) is 12.1. The summed E-state index contributed by atoms with van der Waals surface area (Å²) in [4.78, 5) is 11.4. The number of carbonyl (C=O) groups is 1. The van der Waals surface area contributed by atoms with Gasteiger partial charge in [-0.1, -0.05) is 34.1 Å². The lowest BCUT2D eigenvalue weighted by Gasteiger charge is -2.62. The molecule has 0 bridgehead atoms. The van der Waals surface area contributed by atoms with Gasteiger partial charge in [0.15, 0.2) is 0 Å². The van der Waals surface area contributed by atoms with Crippen LogP contribution < -0.4 is 0 Å². The Hall–Kier alpha value is -0.570. The van der Waals surface area contributed by atoms with E-state index in [4.69, 9.17) is 4.74 Å². The lowest BCUT2D eigenvalue weighted by molar-refractivity contribution is -0.182. The zero-order valence-corrected chi connectivity index (χ0v) is 18.7. The van der Waals surface area contributed by atoms with E-state index < -0.39 is 0 Å². The predicted molar refractivity (Wildman–Crippen MR) is 112 cm³/mol. The summed E-state index contributed by atoms with van der Waals surface area (Å²) in [6.07, 6.45) is 10.5. The second-order valence-corrected chi connectivity index (χ2v) is 11.4. The average Bonchev–Trinajstić information content (AvgIpc) is 2.99. The van der Waals surface area contributed by atoms with Crippen LogP contribution in [0.2, 0.25) is 0 Å². The Morgan fingerprint density at radius 1 is 1.07 bits per heavy atom. The summed E-state index contributed by atoms with van der Waals surface area (Å²) in [5.74, 6) is 3.81. The van der Waals surface area contributed by atoms with Gasteiger partial charge >= 0.3 is 5.97 Å². The summed E-state index contributed by atoms with van der Waals surface area (Å²) < 4.78 is 5.57. The summed E-state index contributed by atoms with van der Waals surface area (Å²) in [5, 5.41) is 11.4. The van der Waals surface area contributed by atoms with E-state index in [9.17, 15) is 9.90 Å². The van der Waals surface area contributed by atoms with Crippen LogP contribution in [0, 0.1) is 46.3 Å². The van der Waals surface area contributed by atoms with Crippen LogP contribution in [0.15, 0.2) is 0 Å². The topological polar surface area (TPSA) is 46.5 Å². The van der Waals surface area contributed by atoms with Gasteiger partial charge in [-0.05, 0) is 97.7 Å². The average molecular weight is 391 g/mol. The van der Waals surface area contributed by atoms with E-state index >= 15 is 0 Å². The molecule has 0 spiro atoms. The Morgan fingerprint density at radius 2 is 1.75 bits per heavy atom. The number of hydrogen-bond acceptors (Lipinski definition) is 3. The maximum absolute atomic E-state index is 11.4. The van der Waals surface area contributed by atoms with Crippen LogP contribution >= 0.6 is 0 Å². The first kappa shape index (κ1) is 20.7. The van der Waals surface area contributed by atoms with Crippen molar-refractivity contribution in [1.29, 1.82) is 0 Å². The van der Waals surface area contributed by atoms with E-state index in [1.165, 1.54) is 39.0 Å². The predicted octanol–water partition coefficient (Wildman–Crippen LogP) is 5.59. The molecule has 4 aliphatic rings. The Kier molecular flexibility index (Phi) is 5.39. The van der Waals surface area contributed by atoms with Gasteiger partial charge in [-0.3, -0.25) is 4.79 Å². The zero-order chi connectivity index (χ0) is 20.3. The summed E-state index contributed by atoms with van der Waals surface area (Å²) in [6, 6.07) is 0. The fourth-order valence-electron chi connectivity index (χ4n) is 8.79. The SMILES string of the molecule is CCC(C)C1CCC2C3C(O)CC4CC(OC(C)=O)CCC4(C)C3CCC12C.